The van der Waals surface area contributed by atoms with Crippen LogP contribution in [0.5, 0.6) is 0 Å². The zero-order chi connectivity index (χ0) is 7.28. The standard InChI is InChI=1S/C9H17/c1-5-6-7-9(4)8(2)3/h5-9H,1-4H3/b7-6+. The second-order valence-electron chi connectivity index (χ2n) is 2.82. The van der Waals surface area contributed by atoms with Crippen LogP contribution in [-0.2, 0) is 0 Å². The highest BCUT2D eigenvalue weighted by Gasteiger charge is 1.99. The molecular weight excluding hydrogens is 108 g/mol. The van der Waals surface area contributed by atoms with E-state index in [1.54, 1.807) is 0 Å². The number of allylic oxidation sites excluding steroid dienone is 2. The predicted molar refractivity (Wildman–Crippen MR) is 43.1 cm³/mol. The van der Waals surface area contributed by atoms with Crippen molar-refractivity contribution in [2.24, 2.45) is 11.8 Å². The third-order valence-electron chi connectivity index (χ3n) is 1.66. The van der Waals surface area contributed by atoms with Gasteiger partial charge in [-0.1, -0.05) is 39.8 Å². The molecule has 0 aliphatic rings. The fourth-order valence-electron chi connectivity index (χ4n) is 0.509. The molecule has 0 spiro atoms. The van der Waals surface area contributed by atoms with Crippen molar-refractivity contribution in [3.05, 3.63) is 18.6 Å². The number of rotatable bonds is 3. The molecule has 0 aromatic carbocycles. The first-order valence-electron chi connectivity index (χ1n) is 3.64. The van der Waals surface area contributed by atoms with Gasteiger partial charge < -0.3 is 0 Å². The van der Waals surface area contributed by atoms with Crippen LogP contribution in [0.25, 0.3) is 0 Å². The van der Waals surface area contributed by atoms with Gasteiger partial charge in [-0.15, -0.1) is 0 Å². The maximum absolute atomic E-state index is 2.24. The van der Waals surface area contributed by atoms with Crippen LogP contribution in [0.3, 0.4) is 0 Å². The van der Waals surface area contributed by atoms with Crippen LogP contribution in [-0.4, -0.2) is 0 Å². The molecule has 1 unspecified atom stereocenters. The first-order valence-corrected chi connectivity index (χ1v) is 3.64. The van der Waals surface area contributed by atoms with Crippen molar-refractivity contribution in [3.63, 3.8) is 0 Å². The van der Waals surface area contributed by atoms with E-state index in [2.05, 4.69) is 39.3 Å². The maximum atomic E-state index is 2.24. The van der Waals surface area contributed by atoms with Gasteiger partial charge in [-0.3, -0.25) is 0 Å². The van der Waals surface area contributed by atoms with Gasteiger partial charge in [-0.25, -0.2) is 0 Å². The van der Waals surface area contributed by atoms with Crippen LogP contribution in [0.15, 0.2) is 12.2 Å². The normalized spacial score (nSPS) is 15.2. The summed E-state index contributed by atoms with van der Waals surface area (Å²) in [6, 6.07) is 0. The van der Waals surface area contributed by atoms with E-state index in [1.807, 2.05) is 6.92 Å². The van der Waals surface area contributed by atoms with Crippen molar-refractivity contribution < 1.29 is 0 Å². The van der Waals surface area contributed by atoms with Gasteiger partial charge in [-0.05, 0) is 18.3 Å². The molecule has 0 saturated carbocycles. The lowest BCUT2D eigenvalue weighted by Gasteiger charge is -2.08. The fourth-order valence-corrected chi connectivity index (χ4v) is 0.509. The molecule has 9 heavy (non-hydrogen) atoms. The largest absolute Gasteiger partial charge is 0.0852 e. The SMILES string of the molecule is C[CH]/C=C/C(C)C(C)C. The molecule has 0 nitrogen and oxygen atoms in total. The Morgan fingerprint density at radius 1 is 1.11 bits per heavy atom. The Bertz CT molecular complexity index is 80.0. The highest BCUT2D eigenvalue weighted by atomic mass is 14.1. The third kappa shape index (κ3) is 4.26. The van der Waals surface area contributed by atoms with Crippen LogP contribution in [0.4, 0.5) is 0 Å². The van der Waals surface area contributed by atoms with Gasteiger partial charge in [0.2, 0.25) is 0 Å². The Balaban J connectivity index is 3.48. The lowest BCUT2D eigenvalue weighted by atomic mass is 9.98. The Morgan fingerprint density at radius 3 is 2.00 bits per heavy atom. The fraction of sp³-hybridized carbons (Fsp3) is 0.667. The van der Waals surface area contributed by atoms with Gasteiger partial charge in [0.15, 0.2) is 0 Å². The molecule has 0 rings (SSSR count). The van der Waals surface area contributed by atoms with Crippen LogP contribution < -0.4 is 0 Å². The van der Waals surface area contributed by atoms with E-state index in [9.17, 15) is 0 Å². The Hall–Kier alpha value is -0.260. The van der Waals surface area contributed by atoms with Gasteiger partial charge in [-0.2, -0.15) is 0 Å². The summed E-state index contributed by atoms with van der Waals surface area (Å²) in [5, 5.41) is 0. The lowest BCUT2D eigenvalue weighted by Crippen LogP contribution is -1.98. The summed E-state index contributed by atoms with van der Waals surface area (Å²) >= 11 is 0. The minimum absolute atomic E-state index is 0.709. The van der Waals surface area contributed by atoms with Crippen LogP contribution in [0, 0.1) is 18.3 Å². The molecule has 0 heterocycles. The third-order valence-corrected chi connectivity index (χ3v) is 1.66. The van der Waals surface area contributed by atoms with Crippen molar-refractivity contribution in [1.29, 1.82) is 0 Å². The highest BCUT2D eigenvalue weighted by molar-refractivity contribution is 4.95. The summed E-state index contributed by atoms with van der Waals surface area (Å²) in [6.07, 6.45) is 6.42. The van der Waals surface area contributed by atoms with E-state index in [-0.39, 0.29) is 0 Å². The smallest absolute Gasteiger partial charge is 0.0201 e. The average Bonchev–Trinajstić information content (AvgIpc) is 1.82. The van der Waals surface area contributed by atoms with Crippen molar-refractivity contribution in [2.75, 3.05) is 0 Å². The molecular formula is C9H17. The minimum Gasteiger partial charge on any atom is -0.0852 e. The molecule has 0 N–H and O–H groups in total. The molecule has 0 aromatic rings. The minimum atomic E-state index is 0.709. The zero-order valence-corrected chi connectivity index (χ0v) is 6.89. The summed E-state index contributed by atoms with van der Waals surface area (Å²) in [5.41, 5.74) is 0. The summed E-state index contributed by atoms with van der Waals surface area (Å²) in [6.45, 7) is 8.77. The van der Waals surface area contributed by atoms with Gasteiger partial charge in [0.25, 0.3) is 0 Å². The molecule has 0 aliphatic carbocycles. The predicted octanol–water partition coefficient (Wildman–Crippen LogP) is 3.06. The molecule has 0 bridgehead atoms. The molecule has 1 atom stereocenters. The lowest BCUT2D eigenvalue weighted by molar-refractivity contribution is 0.504. The van der Waals surface area contributed by atoms with Gasteiger partial charge in [0.05, 0.1) is 0 Å². The highest BCUT2D eigenvalue weighted by Crippen LogP contribution is 2.10. The van der Waals surface area contributed by atoms with Gasteiger partial charge in [0, 0.05) is 0 Å². The average molecular weight is 125 g/mol. The van der Waals surface area contributed by atoms with E-state index >= 15 is 0 Å². The maximum Gasteiger partial charge on any atom is -0.0201 e. The summed E-state index contributed by atoms with van der Waals surface area (Å²) in [7, 11) is 0. The first-order chi connectivity index (χ1) is 4.18. The second-order valence-corrected chi connectivity index (χ2v) is 2.82. The van der Waals surface area contributed by atoms with Crippen LogP contribution in [0.1, 0.15) is 27.7 Å². The van der Waals surface area contributed by atoms with E-state index < -0.39 is 0 Å². The molecule has 0 aliphatic heterocycles. The summed E-state index contributed by atoms with van der Waals surface area (Å²) in [5.74, 6) is 1.47. The zero-order valence-electron chi connectivity index (χ0n) is 6.89. The number of hydrogen-bond acceptors (Lipinski definition) is 0. The monoisotopic (exact) mass is 125 g/mol. The van der Waals surface area contributed by atoms with Crippen molar-refractivity contribution in [3.8, 4) is 0 Å². The van der Waals surface area contributed by atoms with E-state index in [0.717, 1.165) is 5.92 Å². The molecule has 0 aromatic heterocycles. The molecule has 0 saturated heterocycles. The Morgan fingerprint density at radius 2 is 1.67 bits per heavy atom. The number of hydrogen-bond donors (Lipinski definition) is 0. The Labute approximate surface area is 59.0 Å². The van der Waals surface area contributed by atoms with Crippen molar-refractivity contribution >= 4 is 0 Å². The van der Waals surface area contributed by atoms with Gasteiger partial charge >= 0.3 is 0 Å². The molecule has 1 radical (unpaired) electrons. The topological polar surface area (TPSA) is 0 Å². The van der Waals surface area contributed by atoms with E-state index in [0.29, 0.717) is 5.92 Å². The van der Waals surface area contributed by atoms with Crippen LogP contribution >= 0.6 is 0 Å². The van der Waals surface area contributed by atoms with E-state index in [4.69, 9.17) is 0 Å². The van der Waals surface area contributed by atoms with Crippen LogP contribution in [0.2, 0.25) is 0 Å². The van der Waals surface area contributed by atoms with Crippen molar-refractivity contribution in [1.82, 2.24) is 0 Å². The molecule has 53 valence electrons. The second kappa shape index (κ2) is 4.60. The molecule has 0 heteroatoms. The summed E-state index contributed by atoms with van der Waals surface area (Å²) < 4.78 is 0. The van der Waals surface area contributed by atoms with E-state index in [1.165, 1.54) is 0 Å². The van der Waals surface area contributed by atoms with Crippen molar-refractivity contribution in [2.45, 2.75) is 27.7 Å². The Kier molecular flexibility index (Phi) is 4.47. The quantitative estimate of drug-likeness (QED) is 0.544. The summed E-state index contributed by atoms with van der Waals surface area (Å²) in [4.78, 5) is 0. The molecule has 0 amide bonds. The first kappa shape index (κ1) is 8.74. The molecule has 0 fully saturated rings. The van der Waals surface area contributed by atoms with Gasteiger partial charge in [0.1, 0.15) is 0 Å².